The van der Waals surface area contributed by atoms with Crippen molar-refractivity contribution < 1.29 is 5.11 Å². The van der Waals surface area contributed by atoms with E-state index in [9.17, 15) is 5.11 Å². The van der Waals surface area contributed by atoms with Gasteiger partial charge in [-0.15, -0.1) is 0 Å². The molecule has 1 aliphatic rings. The number of benzene rings is 1. The molecular weight excluding hydrogens is 198 g/mol. The highest BCUT2D eigenvalue weighted by Crippen LogP contribution is 2.34. The second-order valence-electron chi connectivity index (χ2n) is 4.79. The summed E-state index contributed by atoms with van der Waals surface area (Å²) in [6, 6.07) is 8.30. The molecule has 2 heteroatoms. The molecule has 1 aromatic rings. The molecule has 1 aromatic carbocycles. The first-order valence-electron chi connectivity index (χ1n) is 6.25. The molecule has 1 saturated carbocycles. The first kappa shape index (κ1) is 11.5. The smallest absolute Gasteiger partial charge is 0.115 e. The number of phenols is 1. The predicted octanol–water partition coefficient (Wildman–Crippen LogP) is 2.71. The molecule has 0 aliphatic heterocycles. The van der Waals surface area contributed by atoms with Gasteiger partial charge in [0.25, 0.3) is 0 Å². The van der Waals surface area contributed by atoms with Crippen LogP contribution in [0.2, 0.25) is 0 Å². The van der Waals surface area contributed by atoms with Gasteiger partial charge in [0.1, 0.15) is 5.75 Å². The minimum absolute atomic E-state index is 0.379. The third-order valence-electron chi connectivity index (χ3n) is 3.45. The van der Waals surface area contributed by atoms with Crippen molar-refractivity contribution in [1.82, 2.24) is 5.32 Å². The second-order valence-corrected chi connectivity index (χ2v) is 4.79. The SMILES string of the molecule is CNC(CCCc1cccc(O)c1)C1CC1. The molecule has 2 rings (SSSR count). The quantitative estimate of drug-likeness (QED) is 0.771. The van der Waals surface area contributed by atoms with Crippen LogP contribution in [0.1, 0.15) is 31.2 Å². The molecule has 2 N–H and O–H groups in total. The molecule has 16 heavy (non-hydrogen) atoms. The van der Waals surface area contributed by atoms with Gasteiger partial charge in [0.05, 0.1) is 0 Å². The summed E-state index contributed by atoms with van der Waals surface area (Å²) in [6.45, 7) is 0. The van der Waals surface area contributed by atoms with E-state index in [0.717, 1.165) is 12.3 Å². The van der Waals surface area contributed by atoms with Gasteiger partial charge in [0.15, 0.2) is 0 Å². The standard InChI is InChI=1S/C14H21NO/c1-15-14(12-8-9-12)7-3-5-11-4-2-6-13(16)10-11/h2,4,6,10,12,14-16H,3,5,7-9H2,1H3. The summed E-state index contributed by atoms with van der Waals surface area (Å²) in [4.78, 5) is 0. The van der Waals surface area contributed by atoms with Crippen LogP contribution in [0, 0.1) is 5.92 Å². The number of hydrogen-bond acceptors (Lipinski definition) is 2. The van der Waals surface area contributed by atoms with Crippen molar-refractivity contribution in [2.45, 2.75) is 38.1 Å². The van der Waals surface area contributed by atoms with Gasteiger partial charge in [-0.25, -0.2) is 0 Å². The highest BCUT2D eigenvalue weighted by Gasteiger charge is 2.29. The third-order valence-corrected chi connectivity index (χ3v) is 3.45. The summed E-state index contributed by atoms with van der Waals surface area (Å²) in [6.07, 6.45) is 6.32. The summed E-state index contributed by atoms with van der Waals surface area (Å²) >= 11 is 0. The monoisotopic (exact) mass is 219 g/mol. The number of rotatable bonds is 6. The van der Waals surface area contributed by atoms with Crippen molar-refractivity contribution in [2.75, 3.05) is 7.05 Å². The van der Waals surface area contributed by atoms with Crippen molar-refractivity contribution >= 4 is 0 Å². The minimum atomic E-state index is 0.379. The van der Waals surface area contributed by atoms with Crippen LogP contribution in [0.3, 0.4) is 0 Å². The van der Waals surface area contributed by atoms with E-state index in [4.69, 9.17) is 0 Å². The second kappa shape index (κ2) is 5.35. The molecule has 1 aliphatic carbocycles. The van der Waals surface area contributed by atoms with Gasteiger partial charge >= 0.3 is 0 Å². The lowest BCUT2D eigenvalue weighted by atomic mass is 10.0. The Labute approximate surface area is 97.7 Å². The minimum Gasteiger partial charge on any atom is -0.508 e. The van der Waals surface area contributed by atoms with Crippen LogP contribution < -0.4 is 5.32 Å². The van der Waals surface area contributed by atoms with Gasteiger partial charge in [-0.2, -0.15) is 0 Å². The molecule has 0 amide bonds. The Hall–Kier alpha value is -1.02. The molecule has 0 saturated heterocycles. The maximum Gasteiger partial charge on any atom is 0.115 e. The normalized spacial score (nSPS) is 17.3. The fraction of sp³-hybridized carbons (Fsp3) is 0.571. The molecule has 2 nitrogen and oxygen atoms in total. The van der Waals surface area contributed by atoms with Crippen LogP contribution >= 0.6 is 0 Å². The molecule has 0 radical (unpaired) electrons. The van der Waals surface area contributed by atoms with Crippen molar-refractivity contribution in [2.24, 2.45) is 5.92 Å². The maximum atomic E-state index is 9.35. The lowest BCUT2D eigenvalue weighted by molar-refractivity contribution is 0.455. The van der Waals surface area contributed by atoms with Crippen LogP contribution in [0.5, 0.6) is 5.75 Å². The fourth-order valence-electron chi connectivity index (χ4n) is 2.35. The number of hydrogen-bond donors (Lipinski definition) is 2. The van der Waals surface area contributed by atoms with E-state index >= 15 is 0 Å². The first-order valence-corrected chi connectivity index (χ1v) is 6.25. The summed E-state index contributed by atoms with van der Waals surface area (Å²) in [5.41, 5.74) is 1.24. The average Bonchev–Trinajstić information content (AvgIpc) is 3.08. The Kier molecular flexibility index (Phi) is 3.83. The van der Waals surface area contributed by atoms with Gasteiger partial charge in [-0.1, -0.05) is 12.1 Å². The molecule has 1 atom stereocenters. The van der Waals surface area contributed by atoms with Crippen LogP contribution in [0.4, 0.5) is 0 Å². The molecule has 0 bridgehead atoms. The zero-order valence-corrected chi connectivity index (χ0v) is 9.95. The maximum absolute atomic E-state index is 9.35. The van der Waals surface area contributed by atoms with Gasteiger partial charge in [-0.3, -0.25) is 0 Å². The summed E-state index contributed by atoms with van der Waals surface area (Å²) in [5, 5.41) is 12.8. The van der Waals surface area contributed by atoms with Gasteiger partial charge in [-0.05, 0) is 62.8 Å². The first-order chi connectivity index (χ1) is 7.79. The molecule has 0 spiro atoms. The summed E-state index contributed by atoms with van der Waals surface area (Å²) in [7, 11) is 2.07. The average molecular weight is 219 g/mol. The Balaban J connectivity index is 1.74. The molecule has 1 unspecified atom stereocenters. The van der Waals surface area contributed by atoms with Crippen molar-refractivity contribution in [3.8, 4) is 5.75 Å². The lowest BCUT2D eigenvalue weighted by Gasteiger charge is -2.14. The van der Waals surface area contributed by atoms with Crippen molar-refractivity contribution in [1.29, 1.82) is 0 Å². The molecule has 0 heterocycles. The molecule has 0 aromatic heterocycles. The summed E-state index contributed by atoms with van der Waals surface area (Å²) < 4.78 is 0. The highest BCUT2D eigenvalue weighted by atomic mass is 16.3. The van der Waals surface area contributed by atoms with E-state index in [0.29, 0.717) is 11.8 Å². The van der Waals surface area contributed by atoms with Gasteiger partial charge in [0.2, 0.25) is 0 Å². The molecule has 1 fully saturated rings. The van der Waals surface area contributed by atoms with Gasteiger partial charge in [0, 0.05) is 6.04 Å². The number of aryl methyl sites for hydroxylation is 1. The van der Waals surface area contributed by atoms with E-state index in [-0.39, 0.29) is 0 Å². The van der Waals surface area contributed by atoms with Crippen LogP contribution in [-0.4, -0.2) is 18.2 Å². The molecule has 88 valence electrons. The lowest BCUT2D eigenvalue weighted by Crippen LogP contribution is -2.27. The Morgan fingerprint density at radius 1 is 1.44 bits per heavy atom. The zero-order chi connectivity index (χ0) is 11.4. The highest BCUT2D eigenvalue weighted by molar-refractivity contribution is 5.27. The number of nitrogens with one attached hydrogen (secondary N) is 1. The Bertz CT molecular complexity index is 333. The van der Waals surface area contributed by atoms with Crippen molar-refractivity contribution in [3.05, 3.63) is 29.8 Å². The van der Waals surface area contributed by atoms with Crippen LogP contribution in [-0.2, 0) is 6.42 Å². The zero-order valence-electron chi connectivity index (χ0n) is 9.95. The van der Waals surface area contributed by atoms with E-state index < -0.39 is 0 Å². The van der Waals surface area contributed by atoms with Crippen LogP contribution in [0.15, 0.2) is 24.3 Å². The van der Waals surface area contributed by atoms with E-state index in [1.165, 1.54) is 31.2 Å². The van der Waals surface area contributed by atoms with Gasteiger partial charge < -0.3 is 10.4 Å². The van der Waals surface area contributed by atoms with E-state index in [1.807, 2.05) is 12.1 Å². The third kappa shape index (κ3) is 3.24. The fourth-order valence-corrected chi connectivity index (χ4v) is 2.35. The number of phenolic OH excluding ortho intramolecular Hbond substituents is 1. The Morgan fingerprint density at radius 3 is 2.88 bits per heavy atom. The van der Waals surface area contributed by atoms with E-state index in [1.54, 1.807) is 6.07 Å². The predicted molar refractivity (Wildman–Crippen MR) is 66.6 cm³/mol. The van der Waals surface area contributed by atoms with Crippen molar-refractivity contribution in [3.63, 3.8) is 0 Å². The number of aromatic hydroxyl groups is 1. The van der Waals surface area contributed by atoms with Crippen LogP contribution in [0.25, 0.3) is 0 Å². The topological polar surface area (TPSA) is 32.3 Å². The van der Waals surface area contributed by atoms with E-state index in [2.05, 4.69) is 18.4 Å². The largest absolute Gasteiger partial charge is 0.508 e. The molecular formula is C14H21NO. The Morgan fingerprint density at radius 2 is 2.25 bits per heavy atom. The summed E-state index contributed by atoms with van der Waals surface area (Å²) in [5.74, 6) is 1.30.